The van der Waals surface area contributed by atoms with E-state index < -0.39 is 0 Å². The molecule has 0 fully saturated rings. The van der Waals surface area contributed by atoms with E-state index in [1.807, 2.05) is 0 Å². The van der Waals surface area contributed by atoms with Gasteiger partial charge < -0.3 is 0 Å². The molecule has 0 spiro atoms. The lowest BCUT2D eigenvalue weighted by atomic mass is 9.92. The van der Waals surface area contributed by atoms with Crippen molar-refractivity contribution < 1.29 is 0 Å². The summed E-state index contributed by atoms with van der Waals surface area (Å²) in [4.78, 5) is 0. The molecule has 0 atom stereocenters. The lowest BCUT2D eigenvalue weighted by Crippen LogP contribution is -2.10. The Bertz CT molecular complexity index is 588. The summed E-state index contributed by atoms with van der Waals surface area (Å²) in [6.45, 7) is 6.55. The predicted octanol–water partition coefficient (Wildman–Crippen LogP) is 3.01. The maximum Gasteiger partial charge on any atom is 0.0480 e. The molecule has 0 saturated heterocycles. The fourth-order valence-corrected chi connectivity index (χ4v) is 3.53. The lowest BCUT2D eigenvalue weighted by molar-refractivity contribution is 1.29. The standard InChI is InChI=1S/C16H19ClSi/c1-10-7-11(2)12(3)14(8-10)16-13(9-17)5-4-6-15(16)18/h4-8H,9H2,1-3,18H3. The van der Waals surface area contributed by atoms with Crippen molar-refractivity contribution in [3.05, 3.63) is 52.6 Å². The number of rotatable bonds is 2. The first-order valence-electron chi connectivity index (χ1n) is 6.27. The van der Waals surface area contributed by atoms with Crippen LogP contribution in [-0.4, -0.2) is 10.2 Å². The molecule has 2 heteroatoms. The predicted molar refractivity (Wildman–Crippen MR) is 85.2 cm³/mol. The SMILES string of the molecule is Cc1cc(C)c(C)c(-c2c([SiH3])cccc2CCl)c1. The number of halogens is 1. The van der Waals surface area contributed by atoms with Gasteiger partial charge in [0.2, 0.25) is 0 Å². The summed E-state index contributed by atoms with van der Waals surface area (Å²) >= 11 is 6.10. The number of alkyl halides is 1. The topological polar surface area (TPSA) is 0 Å². The van der Waals surface area contributed by atoms with E-state index in [4.69, 9.17) is 11.6 Å². The van der Waals surface area contributed by atoms with E-state index in [2.05, 4.69) is 51.1 Å². The molecule has 0 aliphatic rings. The van der Waals surface area contributed by atoms with Crippen LogP contribution in [0.5, 0.6) is 0 Å². The van der Waals surface area contributed by atoms with Gasteiger partial charge in [-0.1, -0.05) is 41.1 Å². The molecule has 0 nitrogen and oxygen atoms in total. The lowest BCUT2D eigenvalue weighted by Gasteiger charge is -2.16. The van der Waals surface area contributed by atoms with Gasteiger partial charge >= 0.3 is 0 Å². The van der Waals surface area contributed by atoms with Gasteiger partial charge in [-0.3, -0.25) is 0 Å². The zero-order valence-corrected chi connectivity index (χ0v) is 14.2. The van der Waals surface area contributed by atoms with Crippen LogP contribution in [0.4, 0.5) is 0 Å². The maximum absolute atomic E-state index is 6.10. The Kier molecular flexibility index (Phi) is 3.93. The average molecular weight is 275 g/mol. The summed E-state index contributed by atoms with van der Waals surface area (Å²) in [7, 11) is 1.05. The molecular formula is C16H19ClSi. The van der Waals surface area contributed by atoms with Crippen LogP contribution in [0.15, 0.2) is 30.3 Å². The molecule has 2 aromatic rings. The molecule has 0 aromatic heterocycles. The zero-order valence-electron chi connectivity index (χ0n) is 11.5. The Hall–Kier alpha value is -1.05. The molecule has 18 heavy (non-hydrogen) atoms. The summed E-state index contributed by atoms with van der Waals surface area (Å²) < 4.78 is 0. The van der Waals surface area contributed by atoms with Crippen LogP contribution in [0, 0.1) is 20.8 Å². The van der Waals surface area contributed by atoms with E-state index in [9.17, 15) is 0 Å². The van der Waals surface area contributed by atoms with Crippen LogP contribution in [0.2, 0.25) is 0 Å². The summed E-state index contributed by atoms with van der Waals surface area (Å²) in [5.41, 5.74) is 8.01. The van der Waals surface area contributed by atoms with Crippen LogP contribution in [0.3, 0.4) is 0 Å². The van der Waals surface area contributed by atoms with E-state index >= 15 is 0 Å². The van der Waals surface area contributed by atoms with Gasteiger partial charge in [-0.25, -0.2) is 0 Å². The fraction of sp³-hybridized carbons (Fsp3) is 0.250. The van der Waals surface area contributed by atoms with E-state index in [0.717, 1.165) is 10.2 Å². The highest BCUT2D eigenvalue weighted by atomic mass is 35.5. The van der Waals surface area contributed by atoms with E-state index in [1.165, 1.54) is 38.6 Å². The highest BCUT2D eigenvalue weighted by Crippen LogP contribution is 2.29. The molecule has 0 aliphatic heterocycles. The molecule has 0 amide bonds. The number of hydrogen-bond acceptors (Lipinski definition) is 0. The third-order valence-corrected chi connectivity index (χ3v) is 4.71. The van der Waals surface area contributed by atoms with E-state index in [1.54, 1.807) is 0 Å². The van der Waals surface area contributed by atoms with Gasteiger partial charge in [-0.05, 0) is 48.6 Å². The first kappa shape index (κ1) is 13.4. The highest BCUT2D eigenvalue weighted by Gasteiger charge is 2.11. The normalized spacial score (nSPS) is 10.9. The monoisotopic (exact) mass is 274 g/mol. The zero-order chi connectivity index (χ0) is 13.3. The first-order chi connectivity index (χ1) is 8.54. The average Bonchev–Trinajstić information content (AvgIpc) is 2.33. The molecule has 0 saturated carbocycles. The van der Waals surface area contributed by atoms with Crippen molar-refractivity contribution in [2.75, 3.05) is 0 Å². The summed E-state index contributed by atoms with van der Waals surface area (Å²) in [6, 6.07) is 11.0. The summed E-state index contributed by atoms with van der Waals surface area (Å²) in [5.74, 6) is 0.581. The van der Waals surface area contributed by atoms with Gasteiger partial charge in [0.05, 0.1) is 0 Å². The fourth-order valence-electron chi connectivity index (χ4n) is 2.52. The molecule has 0 bridgehead atoms. The van der Waals surface area contributed by atoms with Crippen LogP contribution in [0.25, 0.3) is 11.1 Å². The van der Waals surface area contributed by atoms with Crippen molar-refractivity contribution in [1.82, 2.24) is 0 Å². The summed E-state index contributed by atoms with van der Waals surface area (Å²) in [6.07, 6.45) is 0. The number of aryl methyl sites for hydroxylation is 2. The Morgan fingerprint density at radius 1 is 1.11 bits per heavy atom. The van der Waals surface area contributed by atoms with Gasteiger partial charge in [0, 0.05) is 16.1 Å². The second kappa shape index (κ2) is 5.29. The Morgan fingerprint density at radius 3 is 2.50 bits per heavy atom. The minimum atomic E-state index is 0.581. The second-order valence-corrected chi connectivity index (χ2v) is 6.34. The van der Waals surface area contributed by atoms with Crippen molar-refractivity contribution in [2.45, 2.75) is 26.7 Å². The first-order valence-corrected chi connectivity index (χ1v) is 7.80. The molecule has 2 rings (SSSR count). The van der Waals surface area contributed by atoms with Crippen LogP contribution >= 0.6 is 11.6 Å². The highest BCUT2D eigenvalue weighted by molar-refractivity contribution is 6.36. The largest absolute Gasteiger partial charge is 0.122 e. The third kappa shape index (κ3) is 2.38. The number of hydrogen-bond donors (Lipinski definition) is 0. The number of benzene rings is 2. The van der Waals surface area contributed by atoms with Crippen LogP contribution < -0.4 is 5.19 Å². The van der Waals surface area contributed by atoms with Crippen molar-refractivity contribution >= 4 is 27.0 Å². The van der Waals surface area contributed by atoms with Crippen molar-refractivity contribution in [2.24, 2.45) is 0 Å². The minimum Gasteiger partial charge on any atom is -0.122 e. The molecule has 0 heterocycles. The Balaban J connectivity index is 2.76. The maximum atomic E-state index is 6.10. The van der Waals surface area contributed by atoms with Gasteiger partial charge in [0.15, 0.2) is 0 Å². The smallest absolute Gasteiger partial charge is 0.0480 e. The van der Waals surface area contributed by atoms with Gasteiger partial charge in [0.1, 0.15) is 0 Å². The van der Waals surface area contributed by atoms with Gasteiger partial charge in [0.25, 0.3) is 0 Å². The van der Waals surface area contributed by atoms with Crippen molar-refractivity contribution in [3.63, 3.8) is 0 Å². The molecule has 0 radical (unpaired) electrons. The second-order valence-electron chi connectivity index (χ2n) is 5.00. The molecule has 0 aliphatic carbocycles. The van der Waals surface area contributed by atoms with E-state index in [-0.39, 0.29) is 0 Å². The van der Waals surface area contributed by atoms with Crippen molar-refractivity contribution in [3.8, 4) is 11.1 Å². The molecule has 2 aromatic carbocycles. The van der Waals surface area contributed by atoms with Crippen LogP contribution in [-0.2, 0) is 5.88 Å². The Morgan fingerprint density at radius 2 is 1.83 bits per heavy atom. The van der Waals surface area contributed by atoms with Gasteiger partial charge in [-0.15, -0.1) is 11.6 Å². The van der Waals surface area contributed by atoms with Crippen molar-refractivity contribution in [1.29, 1.82) is 0 Å². The molecule has 94 valence electrons. The van der Waals surface area contributed by atoms with E-state index in [0.29, 0.717) is 5.88 Å². The summed E-state index contributed by atoms with van der Waals surface area (Å²) in [5, 5.41) is 1.43. The quantitative estimate of drug-likeness (QED) is 0.583. The molecule has 0 unspecified atom stereocenters. The molecular weight excluding hydrogens is 256 g/mol. The van der Waals surface area contributed by atoms with Crippen LogP contribution in [0.1, 0.15) is 22.3 Å². The molecule has 0 N–H and O–H groups in total. The minimum absolute atomic E-state index is 0.581. The van der Waals surface area contributed by atoms with Gasteiger partial charge in [-0.2, -0.15) is 0 Å². The third-order valence-electron chi connectivity index (χ3n) is 3.58. The Labute approximate surface area is 117 Å².